The maximum Gasteiger partial charge on any atom is 0.333 e. The second kappa shape index (κ2) is 6.82. The Morgan fingerprint density at radius 2 is 2.03 bits per heavy atom. The van der Waals surface area contributed by atoms with Crippen LogP contribution >= 0.6 is 0 Å². The van der Waals surface area contributed by atoms with Crippen molar-refractivity contribution in [1.82, 2.24) is 4.90 Å². The predicted octanol–water partition coefficient (Wildman–Crippen LogP) is 4.71. The Morgan fingerprint density at radius 3 is 2.79 bits per heavy atom. The first-order valence-corrected chi connectivity index (χ1v) is 10.9. The fraction of sp³-hybridized carbons (Fsp3) is 0.560. The minimum Gasteiger partial charge on any atom is -0.466 e. The molecule has 154 valence electrons. The van der Waals surface area contributed by atoms with Gasteiger partial charge in [-0.3, -0.25) is 4.90 Å². The van der Waals surface area contributed by atoms with E-state index >= 15 is 0 Å². The quantitative estimate of drug-likeness (QED) is 0.539. The number of rotatable bonds is 2. The fourth-order valence-electron chi connectivity index (χ4n) is 6.31. The van der Waals surface area contributed by atoms with E-state index < -0.39 is 0 Å². The molecule has 0 bridgehead atoms. The van der Waals surface area contributed by atoms with Gasteiger partial charge in [0.05, 0.1) is 25.3 Å². The smallest absolute Gasteiger partial charge is 0.333 e. The summed E-state index contributed by atoms with van der Waals surface area (Å²) >= 11 is 0. The number of benzene rings is 1. The zero-order valence-electron chi connectivity index (χ0n) is 17.9. The molecular weight excluding hydrogens is 362 g/mol. The molecule has 0 aromatic heterocycles. The largest absolute Gasteiger partial charge is 0.466 e. The van der Waals surface area contributed by atoms with Crippen LogP contribution in [0.4, 0.5) is 0 Å². The standard InChI is InChI=1S/C25H31NO3/c1-15-8-7-11-25(2,3)22(15)19-12-17(24(27)28-4)14-21-26(19)23-18-10-6-5-9-16(18)13-20(23)29-21/h5-6,9-10,12,19-21,23H,7-8,11,13-14H2,1-4H3/t19-,20+,21+,23-/m0/s1. The van der Waals surface area contributed by atoms with E-state index in [1.165, 1.54) is 42.2 Å². The van der Waals surface area contributed by atoms with Gasteiger partial charge in [-0.1, -0.05) is 49.8 Å². The van der Waals surface area contributed by atoms with Crippen molar-refractivity contribution in [2.75, 3.05) is 7.11 Å². The number of fused-ring (bicyclic) bond motifs is 5. The van der Waals surface area contributed by atoms with E-state index in [1.807, 2.05) is 0 Å². The van der Waals surface area contributed by atoms with Crippen molar-refractivity contribution in [2.45, 2.75) is 77.3 Å². The summed E-state index contributed by atoms with van der Waals surface area (Å²) in [6, 6.07) is 9.09. The van der Waals surface area contributed by atoms with Crippen molar-refractivity contribution in [3.05, 3.63) is 58.2 Å². The molecule has 4 nitrogen and oxygen atoms in total. The maximum atomic E-state index is 12.5. The lowest BCUT2D eigenvalue weighted by atomic mass is 9.68. The highest BCUT2D eigenvalue weighted by Gasteiger charge is 2.53. The van der Waals surface area contributed by atoms with Crippen LogP contribution in [-0.2, 0) is 20.7 Å². The number of esters is 1. The molecule has 29 heavy (non-hydrogen) atoms. The Hall–Kier alpha value is -1.91. The van der Waals surface area contributed by atoms with Crippen LogP contribution in [0.2, 0.25) is 0 Å². The molecule has 1 aromatic carbocycles. The lowest BCUT2D eigenvalue weighted by Crippen LogP contribution is -2.48. The molecule has 4 aliphatic rings. The number of methoxy groups -OCH3 is 1. The summed E-state index contributed by atoms with van der Waals surface area (Å²) in [6.45, 7) is 7.00. The van der Waals surface area contributed by atoms with E-state index in [1.54, 1.807) is 0 Å². The normalized spacial score (nSPS) is 33.0. The summed E-state index contributed by atoms with van der Waals surface area (Å²) in [6.07, 6.45) is 7.39. The molecule has 1 aromatic rings. The lowest BCUT2D eigenvalue weighted by molar-refractivity contribution is -0.137. The average Bonchev–Trinajstić information content (AvgIpc) is 3.21. The topological polar surface area (TPSA) is 38.8 Å². The van der Waals surface area contributed by atoms with Crippen LogP contribution in [0.3, 0.4) is 0 Å². The Morgan fingerprint density at radius 1 is 1.24 bits per heavy atom. The number of hydrogen-bond acceptors (Lipinski definition) is 4. The van der Waals surface area contributed by atoms with Gasteiger partial charge in [-0.05, 0) is 48.3 Å². The van der Waals surface area contributed by atoms with Crippen LogP contribution in [0.25, 0.3) is 0 Å². The van der Waals surface area contributed by atoms with Gasteiger partial charge in [0.2, 0.25) is 0 Å². The molecule has 5 rings (SSSR count). The summed E-state index contributed by atoms with van der Waals surface area (Å²) < 4.78 is 11.7. The number of carbonyl (C=O) groups is 1. The van der Waals surface area contributed by atoms with Crippen molar-refractivity contribution in [3.8, 4) is 0 Å². The highest BCUT2D eigenvalue weighted by atomic mass is 16.5. The second-order valence-electron chi connectivity index (χ2n) is 9.69. The fourth-order valence-corrected chi connectivity index (χ4v) is 6.31. The molecule has 0 radical (unpaired) electrons. The van der Waals surface area contributed by atoms with E-state index in [0.717, 1.165) is 18.4 Å². The maximum absolute atomic E-state index is 12.5. The summed E-state index contributed by atoms with van der Waals surface area (Å²) in [5.41, 5.74) is 6.62. The Labute approximate surface area is 173 Å². The van der Waals surface area contributed by atoms with Gasteiger partial charge in [0, 0.05) is 18.4 Å². The van der Waals surface area contributed by atoms with Crippen molar-refractivity contribution in [2.24, 2.45) is 5.41 Å². The van der Waals surface area contributed by atoms with Gasteiger partial charge in [-0.15, -0.1) is 0 Å². The predicted molar refractivity (Wildman–Crippen MR) is 112 cm³/mol. The zero-order chi connectivity index (χ0) is 20.3. The molecule has 2 heterocycles. The van der Waals surface area contributed by atoms with Gasteiger partial charge in [-0.2, -0.15) is 0 Å². The molecule has 2 aliphatic carbocycles. The average molecular weight is 394 g/mol. The number of carbonyl (C=O) groups excluding carboxylic acids is 1. The molecule has 0 N–H and O–H groups in total. The van der Waals surface area contributed by atoms with Crippen LogP contribution in [0.5, 0.6) is 0 Å². The van der Waals surface area contributed by atoms with Crippen molar-refractivity contribution < 1.29 is 14.3 Å². The lowest BCUT2D eigenvalue weighted by Gasteiger charge is -2.46. The van der Waals surface area contributed by atoms with Gasteiger partial charge in [0.25, 0.3) is 0 Å². The van der Waals surface area contributed by atoms with Gasteiger partial charge >= 0.3 is 5.97 Å². The third kappa shape index (κ3) is 2.91. The summed E-state index contributed by atoms with van der Waals surface area (Å²) in [5, 5.41) is 0. The first-order chi connectivity index (χ1) is 13.9. The summed E-state index contributed by atoms with van der Waals surface area (Å²) in [5.74, 6) is -0.220. The van der Waals surface area contributed by atoms with Crippen molar-refractivity contribution in [3.63, 3.8) is 0 Å². The second-order valence-corrected chi connectivity index (χ2v) is 9.69. The van der Waals surface area contributed by atoms with Gasteiger partial charge in [0.15, 0.2) is 0 Å². The van der Waals surface area contributed by atoms with Crippen LogP contribution < -0.4 is 0 Å². The Balaban J connectivity index is 1.64. The van der Waals surface area contributed by atoms with E-state index in [9.17, 15) is 4.79 Å². The van der Waals surface area contributed by atoms with Gasteiger partial charge in [-0.25, -0.2) is 4.79 Å². The van der Waals surface area contributed by atoms with Crippen molar-refractivity contribution in [1.29, 1.82) is 0 Å². The highest BCUT2D eigenvalue weighted by Crippen LogP contribution is 2.53. The number of nitrogens with zero attached hydrogens (tertiary/aromatic N) is 1. The molecular formula is C25H31NO3. The summed E-state index contributed by atoms with van der Waals surface area (Å²) in [4.78, 5) is 15.1. The molecule has 0 spiro atoms. The number of ether oxygens (including phenoxy) is 2. The van der Waals surface area contributed by atoms with E-state index in [2.05, 4.69) is 56.0 Å². The van der Waals surface area contributed by atoms with E-state index in [0.29, 0.717) is 6.42 Å². The molecule has 2 aliphatic heterocycles. The molecule has 0 saturated carbocycles. The molecule has 0 amide bonds. The Bertz CT molecular complexity index is 912. The number of allylic oxidation sites excluding steroid dienone is 1. The van der Waals surface area contributed by atoms with E-state index in [-0.39, 0.29) is 35.8 Å². The van der Waals surface area contributed by atoms with Crippen LogP contribution in [0, 0.1) is 5.41 Å². The van der Waals surface area contributed by atoms with Crippen molar-refractivity contribution >= 4 is 5.97 Å². The van der Waals surface area contributed by atoms with E-state index in [4.69, 9.17) is 9.47 Å². The molecule has 1 fully saturated rings. The highest BCUT2D eigenvalue weighted by molar-refractivity contribution is 5.89. The third-order valence-electron chi connectivity index (χ3n) is 7.49. The number of hydrogen-bond donors (Lipinski definition) is 0. The molecule has 0 unspecified atom stereocenters. The zero-order valence-corrected chi connectivity index (χ0v) is 17.9. The monoisotopic (exact) mass is 393 g/mol. The third-order valence-corrected chi connectivity index (χ3v) is 7.49. The molecule has 1 saturated heterocycles. The Kier molecular flexibility index (Phi) is 4.48. The van der Waals surface area contributed by atoms with Crippen LogP contribution in [0.1, 0.15) is 63.6 Å². The first-order valence-electron chi connectivity index (χ1n) is 10.9. The minimum atomic E-state index is -0.220. The first kappa shape index (κ1) is 19.1. The van der Waals surface area contributed by atoms with Crippen LogP contribution in [0.15, 0.2) is 47.1 Å². The van der Waals surface area contributed by atoms with Gasteiger partial charge < -0.3 is 9.47 Å². The SMILES string of the molecule is COC(=O)C1=C[C@@H](C2=C(C)CCCC2(C)C)N2[C@@H](C1)O[C@@H]1Cc3ccccc3[C@@H]12. The van der Waals surface area contributed by atoms with Gasteiger partial charge in [0.1, 0.15) is 6.23 Å². The minimum absolute atomic E-state index is 0.0690. The molecule has 4 atom stereocenters. The van der Waals surface area contributed by atoms with Crippen LogP contribution in [-0.4, -0.2) is 36.4 Å². The molecule has 4 heteroatoms. The summed E-state index contributed by atoms with van der Waals surface area (Å²) in [7, 11) is 1.47.